The van der Waals surface area contributed by atoms with E-state index in [4.69, 9.17) is 9.47 Å². The van der Waals surface area contributed by atoms with E-state index in [1.807, 2.05) is 12.1 Å². The van der Waals surface area contributed by atoms with Crippen LogP contribution in [0.3, 0.4) is 0 Å². The zero-order valence-corrected chi connectivity index (χ0v) is 30.3. The van der Waals surface area contributed by atoms with Gasteiger partial charge in [0.05, 0.1) is 25.7 Å². The standard InChI is InChI=1S/C37H47F2N6O3S/c1-36(2,3)33(37(4,5)6)23-11-14-45(15-12-23)13-8-16-48-31-20-29-26(19-30(31)47-7)34(42-22-41-29)44-35-40-21-25(49-35)18-32(46)43-24-9-10-27(38)28(39)17-24/h9-10,17,19-23H,8,11-16,18H2,1-7H3,(H,43,46)(H,40,41,42,44). The number of hydrogen-bond acceptors (Lipinski definition) is 9. The number of halogens is 2. The highest BCUT2D eigenvalue weighted by Gasteiger charge is 2.41. The fraction of sp³-hybridized carbons (Fsp3) is 0.486. The van der Waals surface area contributed by atoms with Crippen molar-refractivity contribution in [1.82, 2.24) is 19.9 Å². The zero-order chi connectivity index (χ0) is 35.3. The van der Waals surface area contributed by atoms with E-state index < -0.39 is 11.6 Å². The van der Waals surface area contributed by atoms with Gasteiger partial charge in [0.1, 0.15) is 12.1 Å². The summed E-state index contributed by atoms with van der Waals surface area (Å²) in [4.78, 5) is 29.0. The van der Waals surface area contributed by atoms with Crippen molar-refractivity contribution in [3.05, 3.63) is 65.3 Å². The van der Waals surface area contributed by atoms with Crippen LogP contribution in [0.1, 0.15) is 65.7 Å². The Bertz CT molecular complexity index is 1730. The number of fused-ring (bicyclic) bond motifs is 1. The number of methoxy groups -OCH3 is 1. The van der Waals surface area contributed by atoms with Crippen molar-refractivity contribution in [1.29, 1.82) is 0 Å². The predicted molar refractivity (Wildman–Crippen MR) is 192 cm³/mol. The van der Waals surface area contributed by atoms with E-state index in [1.165, 1.54) is 36.6 Å². The van der Waals surface area contributed by atoms with Gasteiger partial charge >= 0.3 is 0 Å². The van der Waals surface area contributed by atoms with Crippen molar-refractivity contribution in [3.8, 4) is 11.5 Å². The normalized spacial score (nSPS) is 14.7. The average Bonchev–Trinajstić information content (AvgIpc) is 3.46. The lowest BCUT2D eigenvalue weighted by Crippen LogP contribution is -2.43. The summed E-state index contributed by atoms with van der Waals surface area (Å²) in [7, 11) is 1.61. The van der Waals surface area contributed by atoms with Gasteiger partial charge in [-0.2, -0.15) is 0 Å². The molecule has 1 aliphatic heterocycles. The maximum absolute atomic E-state index is 13.5. The summed E-state index contributed by atoms with van der Waals surface area (Å²) in [5, 5.41) is 7.05. The van der Waals surface area contributed by atoms with Crippen LogP contribution in [-0.4, -0.2) is 59.1 Å². The van der Waals surface area contributed by atoms with Gasteiger partial charge in [-0.25, -0.2) is 23.7 Å². The Kier molecular flexibility index (Phi) is 11.4. The Balaban J connectivity index is 1.14. The van der Waals surface area contributed by atoms with Gasteiger partial charge in [-0.15, -0.1) is 11.3 Å². The van der Waals surface area contributed by atoms with Crippen LogP contribution in [0.2, 0.25) is 0 Å². The van der Waals surface area contributed by atoms with E-state index in [2.05, 4.69) is 72.0 Å². The molecule has 1 fully saturated rings. The molecule has 263 valence electrons. The number of amides is 1. The van der Waals surface area contributed by atoms with Gasteiger partial charge in [-0.1, -0.05) is 41.5 Å². The third kappa shape index (κ3) is 9.42. The molecule has 1 saturated heterocycles. The highest BCUT2D eigenvalue weighted by atomic mass is 32.1. The van der Waals surface area contributed by atoms with E-state index >= 15 is 0 Å². The predicted octanol–water partition coefficient (Wildman–Crippen LogP) is 8.45. The van der Waals surface area contributed by atoms with Crippen LogP contribution >= 0.6 is 11.3 Å². The number of benzene rings is 2. The van der Waals surface area contributed by atoms with Crippen molar-refractivity contribution in [2.75, 3.05) is 44.0 Å². The number of rotatable bonds is 12. The lowest BCUT2D eigenvalue weighted by Gasteiger charge is -2.48. The molecule has 1 amide bonds. The Hall–Kier alpha value is -3.90. The first-order chi connectivity index (χ1) is 23.2. The molecule has 2 N–H and O–H groups in total. The molecule has 2 aromatic heterocycles. The summed E-state index contributed by atoms with van der Waals surface area (Å²) < 4.78 is 38.6. The summed E-state index contributed by atoms with van der Waals surface area (Å²) >= 11 is 1.28. The van der Waals surface area contributed by atoms with Gasteiger partial charge in [0.15, 0.2) is 28.3 Å². The van der Waals surface area contributed by atoms with Crippen LogP contribution in [0.5, 0.6) is 11.5 Å². The number of anilines is 3. The smallest absolute Gasteiger partial charge is 0.229 e. The monoisotopic (exact) mass is 693 g/mol. The number of nitrogens with zero attached hydrogens (tertiary/aromatic N) is 4. The number of carbonyl (C=O) groups is 1. The number of hydrogen-bond donors (Lipinski definition) is 2. The molecule has 49 heavy (non-hydrogen) atoms. The minimum Gasteiger partial charge on any atom is -0.493 e. The molecule has 5 rings (SSSR count). The Morgan fingerprint density at radius 1 is 0.980 bits per heavy atom. The number of likely N-dealkylation sites (tertiary alicyclic amines) is 1. The first-order valence-electron chi connectivity index (χ1n) is 16.7. The summed E-state index contributed by atoms with van der Waals surface area (Å²) in [6, 6.07) is 6.92. The number of ether oxygens (including phenoxy) is 2. The lowest BCUT2D eigenvalue weighted by molar-refractivity contribution is -0.115. The van der Waals surface area contributed by atoms with E-state index in [0.717, 1.165) is 43.6 Å². The molecule has 2 aromatic carbocycles. The van der Waals surface area contributed by atoms with E-state index in [9.17, 15) is 13.6 Å². The summed E-state index contributed by atoms with van der Waals surface area (Å²) in [6.07, 6.45) is 6.39. The van der Waals surface area contributed by atoms with Crippen LogP contribution in [-0.2, 0) is 11.2 Å². The van der Waals surface area contributed by atoms with E-state index in [1.54, 1.807) is 19.2 Å². The number of aromatic nitrogens is 3. The second kappa shape index (κ2) is 15.3. The van der Waals surface area contributed by atoms with Gasteiger partial charge in [0.25, 0.3) is 0 Å². The molecule has 3 heterocycles. The maximum Gasteiger partial charge on any atom is 0.229 e. The molecule has 0 saturated carbocycles. The molecule has 0 bridgehead atoms. The van der Waals surface area contributed by atoms with Gasteiger partial charge < -0.3 is 25.0 Å². The molecule has 9 nitrogen and oxygen atoms in total. The van der Waals surface area contributed by atoms with Gasteiger partial charge in [-0.05, 0) is 73.2 Å². The molecule has 0 unspecified atom stereocenters. The quantitative estimate of drug-likeness (QED) is 0.143. The average molecular weight is 694 g/mol. The third-order valence-corrected chi connectivity index (χ3v) is 9.64. The number of carbonyl (C=O) groups excluding carboxylic acids is 1. The fourth-order valence-electron chi connectivity index (χ4n) is 7.19. The number of piperidine rings is 1. The minimum atomic E-state index is -1.03. The summed E-state index contributed by atoms with van der Waals surface area (Å²) in [6.45, 7) is 17.9. The second-order valence-electron chi connectivity index (χ2n) is 14.6. The highest BCUT2D eigenvalue weighted by molar-refractivity contribution is 7.15. The van der Waals surface area contributed by atoms with Crippen molar-refractivity contribution in [2.24, 2.45) is 16.7 Å². The summed E-state index contributed by atoms with van der Waals surface area (Å²) in [5.41, 5.74) is 1.28. The maximum atomic E-state index is 13.5. The molecule has 12 heteroatoms. The fourth-order valence-corrected chi connectivity index (χ4v) is 8.00. The van der Waals surface area contributed by atoms with Crippen molar-refractivity contribution in [2.45, 2.75) is 67.2 Å². The van der Waals surface area contributed by atoms with E-state index in [-0.39, 0.29) is 28.8 Å². The lowest BCUT2D eigenvalue weighted by atomic mass is 9.59. The molecular formula is C37H47F2N6O3S. The van der Waals surface area contributed by atoms with Gasteiger partial charge in [-0.3, -0.25) is 4.79 Å². The van der Waals surface area contributed by atoms with Crippen molar-refractivity contribution >= 4 is 44.8 Å². The first kappa shape index (κ1) is 36.4. The second-order valence-corrected chi connectivity index (χ2v) is 15.7. The molecule has 1 aliphatic rings. The molecule has 1 radical (unpaired) electrons. The van der Waals surface area contributed by atoms with Crippen LogP contribution < -0.4 is 20.1 Å². The molecule has 0 aliphatic carbocycles. The van der Waals surface area contributed by atoms with Crippen LogP contribution in [0, 0.1) is 34.3 Å². The third-order valence-electron chi connectivity index (χ3n) is 8.73. The van der Waals surface area contributed by atoms with Crippen LogP contribution in [0.25, 0.3) is 10.9 Å². The Morgan fingerprint density at radius 2 is 1.71 bits per heavy atom. The topological polar surface area (TPSA) is 102 Å². The van der Waals surface area contributed by atoms with Crippen LogP contribution in [0.15, 0.2) is 42.9 Å². The first-order valence-corrected chi connectivity index (χ1v) is 17.5. The largest absolute Gasteiger partial charge is 0.493 e. The van der Waals surface area contributed by atoms with Crippen molar-refractivity contribution in [3.63, 3.8) is 0 Å². The Labute approximate surface area is 291 Å². The SMILES string of the molecule is COc1cc2c(Nc3ncc(CC(=O)Nc4ccc(F)c(F)c4)s3)ncnc2cc1OCCCN1CCC([C](C(C)(C)C)C(C)(C)C)CC1. The molecular weight excluding hydrogens is 647 g/mol. The number of thiazole rings is 1. The highest BCUT2D eigenvalue weighted by Crippen LogP contribution is 2.49. The minimum absolute atomic E-state index is 0.0175. The van der Waals surface area contributed by atoms with Crippen LogP contribution in [0.4, 0.5) is 25.4 Å². The molecule has 0 spiro atoms. The van der Waals surface area contributed by atoms with Crippen molar-refractivity contribution < 1.29 is 23.0 Å². The molecule has 0 atom stereocenters. The zero-order valence-electron chi connectivity index (χ0n) is 29.5. The van der Waals surface area contributed by atoms with Gasteiger partial charge in [0, 0.05) is 40.8 Å². The number of nitrogens with one attached hydrogen (secondary N) is 2. The van der Waals surface area contributed by atoms with E-state index in [0.29, 0.717) is 45.4 Å². The molecule has 4 aromatic rings. The Morgan fingerprint density at radius 3 is 2.39 bits per heavy atom. The van der Waals surface area contributed by atoms with Gasteiger partial charge in [0.2, 0.25) is 5.91 Å². The summed E-state index contributed by atoms with van der Waals surface area (Å²) in [5.74, 6) is 1.71.